The van der Waals surface area contributed by atoms with Crippen LogP contribution >= 0.6 is 0 Å². The molecule has 0 radical (unpaired) electrons. The van der Waals surface area contributed by atoms with Gasteiger partial charge < -0.3 is 0 Å². The van der Waals surface area contributed by atoms with Crippen LogP contribution in [-0.2, 0) is 20.3 Å². The molecule has 20 heavy (non-hydrogen) atoms. The van der Waals surface area contributed by atoms with E-state index in [1.807, 2.05) is 60.7 Å². The lowest BCUT2D eigenvalue weighted by atomic mass is 10.0. The van der Waals surface area contributed by atoms with Crippen molar-refractivity contribution in [1.29, 1.82) is 0 Å². The van der Waals surface area contributed by atoms with E-state index in [2.05, 4.69) is 6.58 Å². The molecular formula is C17H18O2S. The maximum Gasteiger partial charge on any atom is 0.167 e. The summed E-state index contributed by atoms with van der Waals surface area (Å²) in [6.45, 7) is 5.44. The highest BCUT2D eigenvalue weighted by molar-refractivity contribution is 7.91. The lowest BCUT2D eigenvalue weighted by Crippen LogP contribution is -2.31. The van der Waals surface area contributed by atoms with E-state index < -0.39 is 14.6 Å². The minimum Gasteiger partial charge on any atom is -0.227 e. The Morgan fingerprint density at radius 2 is 1.50 bits per heavy atom. The molecule has 0 heterocycles. The molecule has 0 bridgehead atoms. The third kappa shape index (κ3) is 2.68. The standard InChI is InChI=1S/C17H18O2S/c1-3-17(2,16-12-8-5-9-13-16)20(18,19)14-15-10-6-4-7-11-15/h3-13H,1,14H2,2H3/t17-/m0/s1. The zero-order valence-corrected chi connectivity index (χ0v) is 12.3. The topological polar surface area (TPSA) is 34.1 Å². The fourth-order valence-corrected chi connectivity index (χ4v) is 3.82. The van der Waals surface area contributed by atoms with Crippen LogP contribution in [0.25, 0.3) is 0 Å². The molecule has 1 atom stereocenters. The van der Waals surface area contributed by atoms with Gasteiger partial charge in [0, 0.05) is 0 Å². The van der Waals surface area contributed by atoms with Gasteiger partial charge in [0.05, 0.1) is 5.75 Å². The van der Waals surface area contributed by atoms with Gasteiger partial charge in [0.25, 0.3) is 0 Å². The van der Waals surface area contributed by atoms with E-state index in [1.165, 1.54) is 6.08 Å². The first-order valence-electron chi connectivity index (χ1n) is 6.45. The molecule has 0 aliphatic rings. The molecule has 0 aliphatic heterocycles. The van der Waals surface area contributed by atoms with E-state index in [1.54, 1.807) is 6.92 Å². The third-order valence-corrected chi connectivity index (χ3v) is 5.99. The van der Waals surface area contributed by atoms with Crippen molar-refractivity contribution < 1.29 is 8.42 Å². The fourth-order valence-electron chi connectivity index (χ4n) is 2.14. The Kier molecular flexibility index (Phi) is 4.09. The monoisotopic (exact) mass is 286 g/mol. The van der Waals surface area contributed by atoms with Crippen molar-refractivity contribution in [2.24, 2.45) is 0 Å². The van der Waals surface area contributed by atoms with Crippen LogP contribution in [0.15, 0.2) is 73.3 Å². The summed E-state index contributed by atoms with van der Waals surface area (Å²) in [5.41, 5.74) is 1.53. The summed E-state index contributed by atoms with van der Waals surface area (Å²) < 4.78 is 24.5. The molecule has 0 fully saturated rings. The molecule has 0 amide bonds. The average Bonchev–Trinajstić information content (AvgIpc) is 2.47. The van der Waals surface area contributed by atoms with Crippen molar-refractivity contribution >= 4 is 9.84 Å². The molecule has 2 rings (SSSR count). The number of sulfone groups is 1. The molecular weight excluding hydrogens is 268 g/mol. The minimum atomic E-state index is -3.40. The largest absolute Gasteiger partial charge is 0.227 e. The van der Waals surface area contributed by atoms with E-state index in [0.717, 1.165) is 11.1 Å². The van der Waals surface area contributed by atoms with E-state index in [0.29, 0.717) is 0 Å². The smallest absolute Gasteiger partial charge is 0.167 e. The van der Waals surface area contributed by atoms with E-state index >= 15 is 0 Å². The Balaban J connectivity index is 2.43. The Labute approximate surface area is 120 Å². The molecule has 0 aliphatic carbocycles. The molecule has 3 heteroatoms. The summed E-state index contributed by atoms with van der Waals surface area (Å²) in [4.78, 5) is 0. The predicted molar refractivity (Wildman–Crippen MR) is 83.1 cm³/mol. The van der Waals surface area contributed by atoms with Crippen LogP contribution < -0.4 is 0 Å². The van der Waals surface area contributed by atoms with Crippen LogP contribution in [0.1, 0.15) is 18.1 Å². The number of benzene rings is 2. The second-order valence-corrected chi connectivity index (χ2v) is 7.29. The summed E-state index contributed by atoms with van der Waals surface area (Å²) in [6, 6.07) is 18.4. The van der Waals surface area contributed by atoms with Gasteiger partial charge in [-0.05, 0) is 18.1 Å². The van der Waals surface area contributed by atoms with Crippen LogP contribution in [0.3, 0.4) is 0 Å². The average molecular weight is 286 g/mol. The SMILES string of the molecule is C=C[C@@](C)(c1ccccc1)S(=O)(=O)Cc1ccccc1. The van der Waals surface area contributed by atoms with Gasteiger partial charge in [0.2, 0.25) is 0 Å². The van der Waals surface area contributed by atoms with Crippen LogP contribution in [0, 0.1) is 0 Å². The van der Waals surface area contributed by atoms with E-state index in [-0.39, 0.29) is 5.75 Å². The second-order valence-electron chi connectivity index (χ2n) is 4.92. The molecule has 0 saturated heterocycles. The summed E-state index contributed by atoms with van der Waals surface area (Å²) in [5, 5.41) is 0. The van der Waals surface area contributed by atoms with Gasteiger partial charge in [-0.1, -0.05) is 66.7 Å². The molecule has 2 aromatic carbocycles. The Hall–Kier alpha value is -1.87. The van der Waals surface area contributed by atoms with E-state index in [4.69, 9.17) is 0 Å². The van der Waals surface area contributed by atoms with Crippen molar-refractivity contribution in [3.63, 3.8) is 0 Å². The van der Waals surface area contributed by atoms with Crippen LogP contribution in [0.2, 0.25) is 0 Å². The highest BCUT2D eigenvalue weighted by Crippen LogP contribution is 2.33. The summed E-state index contributed by atoms with van der Waals surface area (Å²) in [7, 11) is -3.40. The second kappa shape index (κ2) is 5.63. The fraction of sp³-hybridized carbons (Fsp3) is 0.176. The van der Waals surface area contributed by atoms with Crippen LogP contribution in [-0.4, -0.2) is 8.42 Å². The van der Waals surface area contributed by atoms with Crippen molar-refractivity contribution in [3.8, 4) is 0 Å². The predicted octanol–water partition coefficient (Wildman–Crippen LogP) is 3.70. The van der Waals surface area contributed by atoms with Gasteiger partial charge in [-0.25, -0.2) is 8.42 Å². The zero-order valence-electron chi connectivity index (χ0n) is 11.5. The first-order valence-corrected chi connectivity index (χ1v) is 8.10. The zero-order chi connectivity index (χ0) is 14.6. The first kappa shape index (κ1) is 14.5. The van der Waals surface area contributed by atoms with E-state index in [9.17, 15) is 8.42 Å². The van der Waals surface area contributed by atoms with Crippen LogP contribution in [0.4, 0.5) is 0 Å². The molecule has 104 valence electrons. The third-order valence-electron chi connectivity index (χ3n) is 3.58. The normalized spacial score (nSPS) is 14.4. The molecule has 0 aromatic heterocycles. The van der Waals surface area contributed by atoms with Crippen LogP contribution in [0.5, 0.6) is 0 Å². The summed E-state index contributed by atoms with van der Waals surface area (Å²) >= 11 is 0. The minimum absolute atomic E-state index is 0.00521. The molecule has 0 spiro atoms. The summed E-state index contributed by atoms with van der Waals surface area (Å²) in [5.74, 6) is 0.00521. The van der Waals surface area contributed by atoms with Gasteiger partial charge in [0.1, 0.15) is 4.75 Å². The molecule has 0 N–H and O–H groups in total. The number of hydrogen-bond acceptors (Lipinski definition) is 2. The summed E-state index contributed by atoms with van der Waals surface area (Å²) in [6.07, 6.45) is 1.51. The Bertz CT molecular complexity index is 675. The first-order chi connectivity index (χ1) is 9.49. The maximum atomic E-state index is 12.8. The van der Waals surface area contributed by atoms with Gasteiger partial charge in [-0.3, -0.25) is 0 Å². The maximum absolute atomic E-state index is 12.8. The highest BCUT2D eigenvalue weighted by atomic mass is 32.2. The number of rotatable bonds is 5. The van der Waals surface area contributed by atoms with Gasteiger partial charge in [0.15, 0.2) is 9.84 Å². The van der Waals surface area contributed by atoms with Gasteiger partial charge >= 0.3 is 0 Å². The van der Waals surface area contributed by atoms with Gasteiger partial charge in [-0.15, -0.1) is 6.58 Å². The van der Waals surface area contributed by atoms with Crippen molar-refractivity contribution in [2.45, 2.75) is 17.4 Å². The highest BCUT2D eigenvalue weighted by Gasteiger charge is 2.37. The number of hydrogen-bond donors (Lipinski definition) is 0. The Morgan fingerprint density at radius 3 is 2.00 bits per heavy atom. The molecule has 2 nitrogen and oxygen atoms in total. The molecule has 0 unspecified atom stereocenters. The quantitative estimate of drug-likeness (QED) is 0.785. The lowest BCUT2D eigenvalue weighted by Gasteiger charge is -2.26. The van der Waals surface area contributed by atoms with Crippen molar-refractivity contribution in [3.05, 3.63) is 84.4 Å². The van der Waals surface area contributed by atoms with Crippen molar-refractivity contribution in [2.75, 3.05) is 0 Å². The van der Waals surface area contributed by atoms with Crippen molar-refractivity contribution in [1.82, 2.24) is 0 Å². The van der Waals surface area contributed by atoms with Gasteiger partial charge in [-0.2, -0.15) is 0 Å². The molecule has 0 saturated carbocycles. The molecule has 2 aromatic rings. The lowest BCUT2D eigenvalue weighted by molar-refractivity contribution is 0.568. The Morgan fingerprint density at radius 1 is 1.00 bits per heavy atom.